The van der Waals surface area contributed by atoms with E-state index >= 15 is 0 Å². The van der Waals surface area contributed by atoms with Gasteiger partial charge in [-0.05, 0) is 42.4 Å². The highest BCUT2D eigenvalue weighted by Crippen LogP contribution is 2.46. The summed E-state index contributed by atoms with van der Waals surface area (Å²) in [6, 6.07) is 22.0. The first-order valence-electron chi connectivity index (χ1n) is 10.7. The van der Waals surface area contributed by atoms with E-state index in [2.05, 4.69) is 40.5 Å². The molecule has 0 amide bonds. The molecule has 2 unspecified atom stereocenters. The molecule has 2 saturated carbocycles. The predicted octanol–water partition coefficient (Wildman–Crippen LogP) is 2.89. The molecular weight excluding hydrogens is 348 g/mol. The first kappa shape index (κ1) is 18.2. The summed E-state index contributed by atoms with van der Waals surface area (Å²) in [6.07, 6.45) is 2.18. The quantitative estimate of drug-likeness (QED) is 0.741. The molecule has 148 valence electrons. The van der Waals surface area contributed by atoms with Crippen molar-refractivity contribution in [2.24, 2.45) is 11.8 Å². The second-order valence-electron chi connectivity index (χ2n) is 8.80. The van der Waals surface area contributed by atoms with Crippen LogP contribution in [0.1, 0.15) is 24.3 Å². The number of nitrogens with zero attached hydrogens (tertiary/aromatic N) is 1. The Morgan fingerprint density at radius 1 is 0.964 bits per heavy atom. The van der Waals surface area contributed by atoms with Gasteiger partial charge in [-0.2, -0.15) is 0 Å². The predicted molar refractivity (Wildman–Crippen MR) is 110 cm³/mol. The van der Waals surface area contributed by atoms with Gasteiger partial charge in [0.15, 0.2) is 0 Å². The lowest BCUT2D eigenvalue weighted by molar-refractivity contribution is -0.0379. The molecule has 2 saturated heterocycles. The summed E-state index contributed by atoms with van der Waals surface area (Å²) in [4.78, 5) is 2.43. The van der Waals surface area contributed by atoms with Crippen molar-refractivity contribution in [3.8, 4) is 5.75 Å². The lowest BCUT2D eigenvalue weighted by Crippen LogP contribution is -2.64. The van der Waals surface area contributed by atoms with Crippen LogP contribution in [0.4, 0.5) is 0 Å². The summed E-state index contributed by atoms with van der Waals surface area (Å²) in [5, 5.41) is 14.3. The average Bonchev–Trinajstić information content (AvgIpc) is 3.52. The van der Waals surface area contributed by atoms with Gasteiger partial charge in [0.2, 0.25) is 0 Å². The van der Waals surface area contributed by atoms with Gasteiger partial charge in [-0.1, -0.05) is 48.5 Å². The molecule has 2 N–H and O–H groups in total. The maximum Gasteiger partial charge on any atom is 0.119 e. The Kier molecular flexibility index (Phi) is 5.10. The Hall–Kier alpha value is -1.88. The van der Waals surface area contributed by atoms with Crippen LogP contribution >= 0.6 is 0 Å². The Labute approximate surface area is 167 Å². The summed E-state index contributed by atoms with van der Waals surface area (Å²) in [7, 11) is 0. The van der Waals surface area contributed by atoms with E-state index in [4.69, 9.17) is 4.74 Å². The van der Waals surface area contributed by atoms with Gasteiger partial charge in [-0.15, -0.1) is 0 Å². The van der Waals surface area contributed by atoms with Crippen molar-refractivity contribution in [2.75, 3.05) is 26.2 Å². The summed E-state index contributed by atoms with van der Waals surface area (Å²) < 4.78 is 5.69. The maximum absolute atomic E-state index is 10.4. The van der Waals surface area contributed by atoms with E-state index in [1.54, 1.807) is 0 Å². The van der Waals surface area contributed by atoms with Gasteiger partial charge < -0.3 is 15.2 Å². The Bertz CT molecular complexity index is 757. The smallest absolute Gasteiger partial charge is 0.119 e. The summed E-state index contributed by atoms with van der Waals surface area (Å²) in [5.41, 5.74) is 1.48. The number of hydrogen-bond acceptors (Lipinski definition) is 4. The highest BCUT2D eigenvalue weighted by Gasteiger charge is 2.50. The second-order valence-corrected chi connectivity index (χ2v) is 8.80. The largest absolute Gasteiger partial charge is 0.491 e. The van der Waals surface area contributed by atoms with Gasteiger partial charge in [0.05, 0.1) is 0 Å². The van der Waals surface area contributed by atoms with Crippen molar-refractivity contribution >= 4 is 0 Å². The van der Waals surface area contributed by atoms with Crippen LogP contribution in [0, 0.1) is 11.8 Å². The van der Waals surface area contributed by atoms with Crippen molar-refractivity contribution in [1.29, 1.82) is 0 Å². The second kappa shape index (κ2) is 7.86. The van der Waals surface area contributed by atoms with Crippen LogP contribution in [0.5, 0.6) is 5.75 Å². The zero-order valence-electron chi connectivity index (χ0n) is 16.3. The summed E-state index contributed by atoms with van der Waals surface area (Å²) >= 11 is 0. The minimum absolute atomic E-state index is 0.359. The molecule has 2 bridgehead atoms. The third kappa shape index (κ3) is 3.95. The van der Waals surface area contributed by atoms with Crippen molar-refractivity contribution in [2.45, 2.75) is 36.9 Å². The zero-order valence-corrected chi connectivity index (χ0v) is 16.3. The number of piperidine rings is 2. The lowest BCUT2D eigenvalue weighted by Gasteiger charge is -2.54. The van der Waals surface area contributed by atoms with E-state index in [9.17, 15) is 5.11 Å². The van der Waals surface area contributed by atoms with E-state index in [0.29, 0.717) is 31.2 Å². The molecule has 6 rings (SSSR count). The first-order chi connectivity index (χ1) is 13.8. The molecule has 4 nitrogen and oxygen atoms in total. The van der Waals surface area contributed by atoms with Gasteiger partial charge in [0.25, 0.3) is 0 Å². The molecule has 4 aliphatic rings. The first-order valence-corrected chi connectivity index (χ1v) is 10.7. The molecule has 2 aliphatic heterocycles. The van der Waals surface area contributed by atoms with Crippen LogP contribution in [0.2, 0.25) is 0 Å². The number of aliphatic hydroxyl groups excluding tert-OH is 1. The molecule has 2 aliphatic carbocycles. The monoisotopic (exact) mass is 378 g/mol. The molecule has 28 heavy (non-hydrogen) atoms. The average molecular weight is 379 g/mol. The molecule has 2 aromatic carbocycles. The number of rotatable bonds is 8. The fraction of sp³-hybridized carbons (Fsp3) is 0.500. The number of hydrogen-bond donors (Lipinski definition) is 2. The maximum atomic E-state index is 10.4. The van der Waals surface area contributed by atoms with Crippen molar-refractivity contribution in [1.82, 2.24) is 10.2 Å². The summed E-state index contributed by atoms with van der Waals surface area (Å²) in [5.74, 6) is 3.00. The van der Waals surface area contributed by atoms with E-state index in [0.717, 1.165) is 30.7 Å². The lowest BCUT2D eigenvalue weighted by atomic mass is 9.66. The number of ether oxygens (including phenoxy) is 1. The Morgan fingerprint density at radius 2 is 1.64 bits per heavy atom. The fourth-order valence-electron chi connectivity index (χ4n) is 5.16. The van der Waals surface area contributed by atoms with E-state index < -0.39 is 6.10 Å². The minimum atomic E-state index is -0.435. The van der Waals surface area contributed by atoms with E-state index in [1.165, 1.54) is 18.4 Å². The van der Waals surface area contributed by atoms with Crippen molar-refractivity contribution in [3.05, 3.63) is 66.2 Å². The molecule has 0 spiro atoms. The van der Waals surface area contributed by atoms with Gasteiger partial charge in [-0.25, -0.2) is 0 Å². The van der Waals surface area contributed by atoms with Gasteiger partial charge >= 0.3 is 0 Å². The van der Waals surface area contributed by atoms with E-state index in [1.807, 2.05) is 30.3 Å². The third-order valence-corrected chi connectivity index (χ3v) is 6.69. The van der Waals surface area contributed by atoms with Gasteiger partial charge in [0, 0.05) is 37.6 Å². The number of nitrogens with one attached hydrogen (secondary N) is 1. The van der Waals surface area contributed by atoms with Crippen LogP contribution in [0.15, 0.2) is 60.7 Å². The highest BCUT2D eigenvalue weighted by molar-refractivity contribution is 5.28. The topological polar surface area (TPSA) is 44.7 Å². The van der Waals surface area contributed by atoms with Crippen LogP contribution in [0.25, 0.3) is 0 Å². The number of aliphatic hydroxyl groups is 1. The van der Waals surface area contributed by atoms with Crippen molar-refractivity contribution in [3.63, 3.8) is 0 Å². The molecular formula is C24H30N2O2. The third-order valence-electron chi connectivity index (χ3n) is 6.69. The SMILES string of the molecule is OC(COc1ccccc1)CN1C[C@H]2C[C@@H](C1)C2N[C@@H]1C[C@H]1c1ccccc1. The number of para-hydroxylation sites is 1. The standard InChI is InChI=1S/C24H30N2O2/c27-20(16-28-21-9-5-2-6-10-21)15-26-13-18-11-19(14-26)24(18)25-23-12-22(23)17-7-3-1-4-8-17/h1-10,18-20,22-25,27H,11-16H2/t18-,19+,20?,22-,23+,24?/m0/s1. The van der Waals surface area contributed by atoms with Crippen LogP contribution in [-0.4, -0.2) is 54.4 Å². The normalized spacial score (nSPS) is 32.4. The molecule has 0 radical (unpaired) electrons. The summed E-state index contributed by atoms with van der Waals surface area (Å²) in [6.45, 7) is 3.26. The zero-order chi connectivity index (χ0) is 18.9. The van der Waals surface area contributed by atoms with Crippen molar-refractivity contribution < 1.29 is 9.84 Å². The van der Waals surface area contributed by atoms with Crippen LogP contribution in [0.3, 0.4) is 0 Å². The van der Waals surface area contributed by atoms with Crippen LogP contribution in [-0.2, 0) is 0 Å². The van der Waals surface area contributed by atoms with Gasteiger partial charge in [0.1, 0.15) is 18.5 Å². The molecule has 2 aromatic rings. The molecule has 6 atom stereocenters. The fourth-order valence-corrected chi connectivity index (χ4v) is 5.16. The Balaban J connectivity index is 1.05. The van der Waals surface area contributed by atoms with E-state index in [-0.39, 0.29) is 0 Å². The minimum Gasteiger partial charge on any atom is -0.491 e. The molecule has 2 heterocycles. The Morgan fingerprint density at radius 3 is 2.36 bits per heavy atom. The molecule has 4 heteroatoms. The van der Waals surface area contributed by atoms with Gasteiger partial charge in [-0.3, -0.25) is 4.90 Å². The number of benzene rings is 2. The highest BCUT2D eigenvalue weighted by atomic mass is 16.5. The van der Waals surface area contributed by atoms with Crippen LogP contribution < -0.4 is 10.1 Å². The molecule has 0 aromatic heterocycles. The molecule has 4 fully saturated rings. The number of fused-ring (bicyclic) bond motifs is 2.